The quantitative estimate of drug-likeness (QED) is 0.792. The molecule has 2 atom stereocenters. The van der Waals surface area contributed by atoms with Crippen LogP contribution in [0.15, 0.2) is 0 Å². The first kappa shape index (κ1) is 13.7. The van der Waals surface area contributed by atoms with Gasteiger partial charge in [0.2, 0.25) is 0 Å². The largest absolute Gasteiger partial charge is 0.330 e. The summed E-state index contributed by atoms with van der Waals surface area (Å²) in [6.45, 7) is 5.70. The van der Waals surface area contributed by atoms with Gasteiger partial charge in [-0.25, -0.2) is 0 Å². The van der Waals surface area contributed by atoms with Gasteiger partial charge >= 0.3 is 0 Å². The van der Waals surface area contributed by atoms with Crippen LogP contribution >= 0.6 is 11.8 Å². The molecule has 0 aromatic heterocycles. The molecular weight excluding hydrogens is 228 g/mol. The minimum Gasteiger partial charge on any atom is -0.330 e. The van der Waals surface area contributed by atoms with E-state index in [0.717, 1.165) is 18.5 Å². The van der Waals surface area contributed by atoms with E-state index >= 15 is 0 Å². The Kier molecular flexibility index (Phi) is 4.79. The Morgan fingerprint density at radius 3 is 2.53 bits per heavy atom. The summed E-state index contributed by atoms with van der Waals surface area (Å²) in [4.78, 5) is 2.74. The van der Waals surface area contributed by atoms with Crippen molar-refractivity contribution in [2.75, 3.05) is 25.9 Å². The molecule has 3 heteroatoms. The zero-order chi connectivity index (χ0) is 12.3. The summed E-state index contributed by atoms with van der Waals surface area (Å²) in [6, 6.07) is 0.767. The molecular formula is C14H28N2S. The molecule has 0 heterocycles. The van der Waals surface area contributed by atoms with Gasteiger partial charge < -0.3 is 5.73 Å². The molecule has 0 bridgehead atoms. The summed E-state index contributed by atoms with van der Waals surface area (Å²) in [5.41, 5.74) is 5.97. The van der Waals surface area contributed by atoms with Crippen LogP contribution in [0.4, 0.5) is 0 Å². The molecule has 2 N–H and O–H groups in total. The molecule has 2 rings (SSSR count). The predicted molar refractivity (Wildman–Crippen MR) is 77.5 cm³/mol. The molecule has 17 heavy (non-hydrogen) atoms. The Hall–Kier alpha value is 0.270. The summed E-state index contributed by atoms with van der Waals surface area (Å²) >= 11 is 2.08. The second kappa shape index (κ2) is 5.94. The molecule has 0 amide bonds. The molecule has 0 radical (unpaired) electrons. The first-order chi connectivity index (χ1) is 8.24. The monoisotopic (exact) mass is 256 g/mol. The number of nitrogens with zero attached hydrogens (tertiary/aromatic N) is 1. The van der Waals surface area contributed by atoms with Crippen LogP contribution in [-0.4, -0.2) is 41.6 Å². The molecule has 100 valence electrons. The van der Waals surface area contributed by atoms with Gasteiger partial charge in [-0.15, -0.1) is 0 Å². The molecule has 2 unspecified atom stereocenters. The Morgan fingerprint density at radius 1 is 1.29 bits per heavy atom. The van der Waals surface area contributed by atoms with Gasteiger partial charge in [0.05, 0.1) is 0 Å². The summed E-state index contributed by atoms with van der Waals surface area (Å²) in [5, 5.41) is 0. The minimum absolute atomic E-state index is 0.604. The van der Waals surface area contributed by atoms with Crippen LogP contribution in [0.3, 0.4) is 0 Å². The average Bonchev–Trinajstić information content (AvgIpc) is 3.16. The summed E-state index contributed by atoms with van der Waals surface area (Å²) < 4.78 is 0.604. The molecule has 2 saturated carbocycles. The highest BCUT2D eigenvalue weighted by molar-refractivity contribution is 8.00. The fourth-order valence-corrected chi connectivity index (χ4v) is 4.15. The normalized spacial score (nSPS) is 31.8. The van der Waals surface area contributed by atoms with Crippen molar-refractivity contribution >= 4 is 11.8 Å². The van der Waals surface area contributed by atoms with Crippen molar-refractivity contribution in [2.24, 2.45) is 11.7 Å². The second-order valence-electron chi connectivity index (χ2n) is 5.80. The van der Waals surface area contributed by atoms with Crippen LogP contribution in [0.2, 0.25) is 0 Å². The van der Waals surface area contributed by atoms with Crippen molar-refractivity contribution < 1.29 is 0 Å². The minimum atomic E-state index is 0.604. The van der Waals surface area contributed by atoms with Gasteiger partial charge in [-0.1, -0.05) is 19.8 Å². The number of nitrogens with two attached hydrogens (primary N) is 1. The van der Waals surface area contributed by atoms with Gasteiger partial charge in [-0.3, -0.25) is 4.90 Å². The second-order valence-corrected chi connectivity index (χ2v) is 7.07. The Morgan fingerprint density at radius 2 is 2.00 bits per heavy atom. The lowest BCUT2D eigenvalue weighted by Gasteiger charge is -2.40. The third kappa shape index (κ3) is 3.18. The summed E-state index contributed by atoms with van der Waals surface area (Å²) in [7, 11) is 0. The van der Waals surface area contributed by atoms with Crippen molar-refractivity contribution in [2.45, 2.75) is 56.2 Å². The molecule has 0 spiro atoms. The molecule has 2 fully saturated rings. The zero-order valence-electron chi connectivity index (χ0n) is 11.5. The van der Waals surface area contributed by atoms with E-state index in [1.165, 1.54) is 51.6 Å². The molecule has 0 aliphatic heterocycles. The van der Waals surface area contributed by atoms with Crippen LogP contribution in [0.1, 0.15) is 45.4 Å². The molecule has 2 nitrogen and oxygen atoms in total. The number of thioether (sulfide) groups is 1. The van der Waals surface area contributed by atoms with Gasteiger partial charge in [0.15, 0.2) is 0 Å². The maximum Gasteiger partial charge on any atom is 0.0285 e. The van der Waals surface area contributed by atoms with E-state index in [1.54, 1.807) is 0 Å². The van der Waals surface area contributed by atoms with Crippen LogP contribution in [-0.2, 0) is 0 Å². The van der Waals surface area contributed by atoms with E-state index in [4.69, 9.17) is 5.73 Å². The lowest BCUT2D eigenvalue weighted by molar-refractivity contribution is 0.111. The highest BCUT2D eigenvalue weighted by Gasteiger charge is 2.44. The maximum absolute atomic E-state index is 5.97. The third-order valence-electron chi connectivity index (χ3n) is 4.78. The first-order valence-electron chi connectivity index (χ1n) is 7.24. The van der Waals surface area contributed by atoms with E-state index in [9.17, 15) is 0 Å². The zero-order valence-corrected chi connectivity index (χ0v) is 12.3. The maximum atomic E-state index is 5.97. The molecule has 2 aliphatic carbocycles. The third-order valence-corrected chi connectivity index (χ3v) is 6.18. The van der Waals surface area contributed by atoms with E-state index < -0.39 is 0 Å². The van der Waals surface area contributed by atoms with Crippen molar-refractivity contribution in [1.29, 1.82) is 0 Å². The van der Waals surface area contributed by atoms with Crippen LogP contribution < -0.4 is 5.73 Å². The number of hydrogen-bond donors (Lipinski definition) is 1. The molecule has 2 aliphatic rings. The fourth-order valence-electron chi connectivity index (χ4n) is 3.34. The van der Waals surface area contributed by atoms with Crippen LogP contribution in [0.5, 0.6) is 0 Å². The smallest absolute Gasteiger partial charge is 0.0285 e. The SMILES string of the molecule is CCN(CC1(SC)CC1)C1CCCCC1CN. The fraction of sp³-hybridized carbons (Fsp3) is 1.00. The molecule has 0 aromatic carbocycles. The lowest BCUT2D eigenvalue weighted by Crippen LogP contribution is -2.47. The van der Waals surface area contributed by atoms with E-state index in [2.05, 4.69) is 29.8 Å². The number of hydrogen-bond acceptors (Lipinski definition) is 3. The van der Waals surface area contributed by atoms with Gasteiger partial charge in [-0.2, -0.15) is 11.8 Å². The number of rotatable bonds is 6. The van der Waals surface area contributed by atoms with E-state index in [1.807, 2.05) is 0 Å². The van der Waals surface area contributed by atoms with Gasteiger partial charge in [0, 0.05) is 17.3 Å². The standard InChI is InChI=1S/C14H28N2S/c1-3-16(11-14(17-2)8-9-14)13-7-5-4-6-12(13)10-15/h12-13H,3-11,15H2,1-2H3. The van der Waals surface area contributed by atoms with E-state index in [0.29, 0.717) is 4.75 Å². The van der Waals surface area contributed by atoms with Gasteiger partial charge in [0.1, 0.15) is 0 Å². The Labute approximate surface area is 111 Å². The van der Waals surface area contributed by atoms with Crippen molar-refractivity contribution in [3.8, 4) is 0 Å². The Bertz CT molecular complexity index is 240. The highest BCUT2D eigenvalue weighted by atomic mass is 32.2. The lowest BCUT2D eigenvalue weighted by atomic mass is 9.83. The van der Waals surface area contributed by atoms with Crippen molar-refractivity contribution in [3.63, 3.8) is 0 Å². The highest BCUT2D eigenvalue weighted by Crippen LogP contribution is 2.48. The first-order valence-corrected chi connectivity index (χ1v) is 8.46. The van der Waals surface area contributed by atoms with Gasteiger partial charge in [-0.05, 0) is 50.9 Å². The summed E-state index contributed by atoms with van der Waals surface area (Å²) in [5.74, 6) is 0.751. The summed E-state index contributed by atoms with van der Waals surface area (Å²) in [6.07, 6.45) is 10.6. The topological polar surface area (TPSA) is 29.3 Å². The predicted octanol–water partition coefficient (Wildman–Crippen LogP) is 2.72. The van der Waals surface area contributed by atoms with Crippen LogP contribution in [0, 0.1) is 5.92 Å². The van der Waals surface area contributed by atoms with Crippen LogP contribution in [0.25, 0.3) is 0 Å². The van der Waals surface area contributed by atoms with Crippen molar-refractivity contribution in [1.82, 2.24) is 4.90 Å². The average molecular weight is 256 g/mol. The Balaban J connectivity index is 1.95. The van der Waals surface area contributed by atoms with Gasteiger partial charge in [0.25, 0.3) is 0 Å². The van der Waals surface area contributed by atoms with E-state index in [-0.39, 0.29) is 0 Å². The molecule has 0 saturated heterocycles. The van der Waals surface area contributed by atoms with Crippen molar-refractivity contribution in [3.05, 3.63) is 0 Å². The molecule has 0 aromatic rings.